The maximum Gasteiger partial charge on any atom is 0.190 e. The van der Waals surface area contributed by atoms with Crippen molar-refractivity contribution in [2.75, 3.05) is 54.0 Å². The Bertz CT molecular complexity index is 286. The second-order valence-corrected chi connectivity index (χ2v) is 6.82. The maximum absolute atomic E-state index is 5.57. The van der Waals surface area contributed by atoms with Crippen molar-refractivity contribution in [1.82, 2.24) is 15.5 Å². The van der Waals surface area contributed by atoms with Crippen molar-refractivity contribution in [3.8, 4) is 0 Å². The molecule has 0 spiro atoms. The molecular weight excluding hydrogens is 415 g/mol. The number of ether oxygens (including phenoxy) is 1. The lowest BCUT2D eigenvalue weighted by molar-refractivity contribution is 0.108. The highest BCUT2D eigenvalue weighted by Gasteiger charge is 1.98. The summed E-state index contributed by atoms with van der Waals surface area (Å²) in [6, 6.07) is 0. The monoisotopic (exact) mass is 456 g/mol. The third kappa shape index (κ3) is 20.0. The zero-order chi connectivity index (χ0) is 17.3. The van der Waals surface area contributed by atoms with Gasteiger partial charge in [-0.1, -0.05) is 33.1 Å². The van der Waals surface area contributed by atoms with Gasteiger partial charge in [-0.25, -0.2) is 0 Å². The highest BCUT2D eigenvalue weighted by molar-refractivity contribution is 14.0. The van der Waals surface area contributed by atoms with Crippen molar-refractivity contribution >= 4 is 29.9 Å². The predicted molar refractivity (Wildman–Crippen MR) is 117 cm³/mol. The minimum absolute atomic E-state index is 0. The second-order valence-electron chi connectivity index (χ2n) is 6.82. The molecule has 0 heterocycles. The number of aliphatic imine (C=N–C) groups is 1. The second kappa shape index (κ2) is 19.2. The Labute approximate surface area is 167 Å². The van der Waals surface area contributed by atoms with E-state index in [-0.39, 0.29) is 24.0 Å². The molecule has 0 bridgehead atoms. The normalized spacial score (nSPS) is 11.7. The quantitative estimate of drug-likeness (QED) is 0.182. The molecule has 0 atom stereocenters. The molecule has 6 heteroatoms. The zero-order valence-corrected chi connectivity index (χ0v) is 18.9. The van der Waals surface area contributed by atoms with Crippen LogP contribution in [0.3, 0.4) is 0 Å². The van der Waals surface area contributed by atoms with Crippen LogP contribution in [0, 0.1) is 5.92 Å². The third-order valence-electron chi connectivity index (χ3n) is 3.51. The highest BCUT2D eigenvalue weighted by Crippen LogP contribution is 2.02. The van der Waals surface area contributed by atoms with Gasteiger partial charge in [0.2, 0.25) is 0 Å². The summed E-state index contributed by atoms with van der Waals surface area (Å²) in [6.45, 7) is 9.12. The van der Waals surface area contributed by atoms with Crippen molar-refractivity contribution in [3.63, 3.8) is 0 Å². The first-order valence-corrected chi connectivity index (χ1v) is 9.23. The number of guanidine groups is 1. The van der Waals surface area contributed by atoms with Gasteiger partial charge in [0.15, 0.2) is 5.96 Å². The Balaban J connectivity index is 0. The summed E-state index contributed by atoms with van der Waals surface area (Å²) >= 11 is 0. The summed E-state index contributed by atoms with van der Waals surface area (Å²) in [4.78, 5) is 6.50. The van der Waals surface area contributed by atoms with Gasteiger partial charge >= 0.3 is 0 Å². The maximum atomic E-state index is 5.57. The first-order valence-electron chi connectivity index (χ1n) is 9.23. The molecule has 0 radical (unpaired) electrons. The van der Waals surface area contributed by atoms with Gasteiger partial charge in [-0.2, -0.15) is 0 Å². The van der Waals surface area contributed by atoms with E-state index in [1.54, 1.807) is 0 Å². The Morgan fingerprint density at radius 2 is 1.54 bits per heavy atom. The Hall–Kier alpha value is -0.0800. The van der Waals surface area contributed by atoms with Gasteiger partial charge in [0, 0.05) is 33.4 Å². The molecule has 0 rings (SSSR count). The minimum Gasteiger partial charge on any atom is -0.381 e. The Morgan fingerprint density at radius 3 is 2.12 bits per heavy atom. The average molecular weight is 456 g/mol. The Kier molecular flexibility index (Phi) is 21.0. The molecule has 0 saturated carbocycles. The number of hydrogen-bond acceptors (Lipinski definition) is 3. The van der Waals surface area contributed by atoms with Crippen LogP contribution in [0.5, 0.6) is 0 Å². The average Bonchev–Trinajstić information content (AvgIpc) is 2.50. The number of hydrogen-bond donors (Lipinski definition) is 2. The third-order valence-corrected chi connectivity index (χ3v) is 3.51. The molecule has 146 valence electrons. The fourth-order valence-electron chi connectivity index (χ4n) is 2.21. The zero-order valence-electron chi connectivity index (χ0n) is 16.6. The van der Waals surface area contributed by atoms with Crippen LogP contribution in [-0.4, -0.2) is 64.9 Å². The summed E-state index contributed by atoms with van der Waals surface area (Å²) in [5.41, 5.74) is 0. The molecule has 0 saturated heterocycles. The number of rotatable bonds is 14. The molecule has 0 aliphatic heterocycles. The van der Waals surface area contributed by atoms with E-state index in [2.05, 4.69) is 48.5 Å². The van der Waals surface area contributed by atoms with Gasteiger partial charge in [0.1, 0.15) is 0 Å². The molecule has 2 N–H and O–H groups in total. The smallest absolute Gasteiger partial charge is 0.190 e. The van der Waals surface area contributed by atoms with Crippen molar-refractivity contribution in [2.24, 2.45) is 10.9 Å². The molecule has 0 amide bonds. The van der Waals surface area contributed by atoms with Crippen molar-refractivity contribution < 1.29 is 4.74 Å². The molecule has 0 aromatic rings. The topological polar surface area (TPSA) is 48.9 Å². The van der Waals surface area contributed by atoms with Crippen molar-refractivity contribution in [3.05, 3.63) is 0 Å². The summed E-state index contributed by atoms with van der Waals surface area (Å²) < 4.78 is 5.57. The molecule has 0 aliphatic rings. The molecule has 5 nitrogen and oxygen atoms in total. The number of nitrogens with zero attached hydrogens (tertiary/aromatic N) is 2. The molecule has 0 aromatic heterocycles. The van der Waals surface area contributed by atoms with E-state index in [1.807, 2.05) is 7.05 Å². The first-order chi connectivity index (χ1) is 11.1. The molecule has 0 aromatic carbocycles. The van der Waals surface area contributed by atoms with E-state index in [1.165, 1.54) is 38.6 Å². The Morgan fingerprint density at radius 1 is 0.958 bits per heavy atom. The van der Waals surface area contributed by atoms with E-state index in [0.29, 0.717) is 5.92 Å². The van der Waals surface area contributed by atoms with Crippen LogP contribution in [0.4, 0.5) is 0 Å². The van der Waals surface area contributed by atoms with Gasteiger partial charge < -0.3 is 20.3 Å². The van der Waals surface area contributed by atoms with E-state index >= 15 is 0 Å². The first kappa shape index (κ1) is 26.2. The molecule has 0 unspecified atom stereocenters. The fourth-order valence-corrected chi connectivity index (χ4v) is 2.21. The fraction of sp³-hybridized carbons (Fsp3) is 0.944. The van der Waals surface area contributed by atoms with Gasteiger partial charge in [-0.3, -0.25) is 4.99 Å². The number of halogens is 1. The van der Waals surface area contributed by atoms with Crippen molar-refractivity contribution in [1.29, 1.82) is 0 Å². The SMILES string of the molecule is CN=C(NCCCCCCCN(C)C)NCCCOCC(C)C.I. The summed E-state index contributed by atoms with van der Waals surface area (Å²) in [7, 11) is 6.10. The minimum atomic E-state index is 0. The van der Waals surface area contributed by atoms with Crippen LogP contribution in [0.25, 0.3) is 0 Å². The molecule has 0 aliphatic carbocycles. The molecular formula is C18H41IN4O. The van der Waals surface area contributed by atoms with Gasteiger partial charge in [-0.15, -0.1) is 24.0 Å². The van der Waals surface area contributed by atoms with E-state index in [4.69, 9.17) is 4.74 Å². The van der Waals surface area contributed by atoms with Crippen LogP contribution in [0.15, 0.2) is 4.99 Å². The molecule has 24 heavy (non-hydrogen) atoms. The lowest BCUT2D eigenvalue weighted by atomic mass is 10.1. The largest absolute Gasteiger partial charge is 0.381 e. The summed E-state index contributed by atoms with van der Waals surface area (Å²) in [6.07, 6.45) is 7.48. The summed E-state index contributed by atoms with van der Waals surface area (Å²) in [5.74, 6) is 1.52. The lowest BCUT2D eigenvalue weighted by Gasteiger charge is -2.12. The van der Waals surface area contributed by atoms with Crippen LogP contribution in [-0.2, 0) is 4.74 Å². The van der Waals surface area contributed by atoms with Crippen LogP contribution in [0.1, 0.15) is 52.4 Å². The summed E-state index contributed by atoms with van der Waals surface area (Å²) in [5, 5.41) is 6.71. The molecule has 0 fully saturated rings. The van der Waals surface area contributed by atoms with Gasteiger partial charge in [0.25, 0.3) is 0 Å². The van der Waals surface area contributed by atoms with Crippen LogP contribution in [0.2, 0.25) is 0 Å². The standard InChI is InChI=1S/C18H40N4O.HI/c1-17(2)16-23-15-11-13-21-18(19-3)20-12-9-7-6-8-10-14-22(4)5;/h17H,6-16H2,1-5H3,(H2,19,20,21);1H. The van der Waals surface area contributed by atoms with Gasteiger partial charge in [0.05, 0.1) is 0 Å². The lowest BCUT2D eigenvalue weighted by Crippen LogP contribution is -2.38. The van der Waals surface area contributed by atoms with E-state index in [9.17, 15) is 0 Å². The van der Waals surface area contributed by atoms with Crippen molar-refractivity contribution in [2.45, 2.75) is 52.4 Å². The van der Waals surface area contributed by atoms with Crippen LogP contribution >= 0.6 is 24.0 Å². The van der Waals surface area contributed by atoms with Crippen LogP contribution < -0.4 is 10.6 Å². The van der Waals surface area contributed by atoms with E-state index in [0.717, 1.165) is 38.7 Å². The number of nitrogens with one attached hydrogen (secondary N) is 2. The van der Waals surface area contributed by atoms with E-state index < -0.39 is 0 Å². The highest BCUT2D eigenvalue weighted by atomic mass is 127. The number of unbranched alkanes of at least 4 members (excludes halogenated alkanes) is 4. The predicted octanol–water partition coefficient (Wildman–Crippen LogP) is 3.34. The van der Waals surface area contributed by atoms with Gasteiger partial charge in [-0.05, 0) is 45.8 Å².